The summed E-state index contributed by atoms with van der Waals surface area (Å²) >= 11 is 0. The molecule has 0 atom stereocenters. The minimum Gasteiger partial charge on any atom is -0.242 e. The summed E-state index contributed by atoms with van der Waals surface area (Å²) in [5.41, 5.74) is 0. The largest absolute Gasteiger partial charge is 0.379 e. The summed E-state index contributed by atoms with van der Waals surface area (Å²) in [7, 11) is 0. The molecule has 0 bridgehead atoms. The highest BCUT2D eigenvalue weighted by Gasteiger charge is 2.10. The Balaban J connectivity index is 2.74. The Kier molecular flexibility index (Phi) is 3.78. The zero-order chi connectivity index (χ0) is 12.0. The molecule has 0 aromatic carbocycles. The third-order valence-electron chi connectivity index (χ3n) is 1.12. The van der Waals surface area contributed by atoms with Crippen LogP contribution < -0.4 is 0 Å². The molecular formula is C8H4O8. The molecule has 0 spiro atoms. The summed E-state index contributed by atoms with van der Waals surface area (Å²) in [6.45, 7) is 0. The number of rotatable bonds is 0. The van der Waals surface area contributed by atoms with Gasteiger partial charge in [-0.2, -0.15) is 0 Å². The van der Waals surface area contributed by atoms with Crippen LogP contribution in [-0.2, 0) is 38.7 Å². The molecule has 8 heteroatoms. The van der Waals surface area contributed by atoms with Crippen molar-refractivity contribution in [3.63, 3.8) is 0 Å². The zero-order valence-corrected chi connectivity index (χ0v) is 7.58. The molecule has 0 N–H and O–H groups in total. The van der Waals surface area contributed by atoms with Gasteiger partial charge in [0, 0.05) is 24.3 Å². The standard InChI is InChI=1S/C8H4O8/c9-5-1-2-6(10)14-16-8(12)4-3-7(11)15-13-5/h1-4H/b2-1-,4-3+. The molecule has 0 amide bonds. The van der Waals surface area contributed by atoms with Crippen molar-refractivity contribution < 1.29 is 38.7 Å². The predicted octanol–water partition coefficient (Wildman–Crippen LogP) is -0.885. The predicted molar refractivity (Wildman–Crippen MR) is 42.6 cm³/mol. The highest BCUT2D eigenvalue weighted by atomic mass is 17.2. The van der Waals surface area contributed by atoms with E-state index in [4.69, 9.17) is 0 Å². The molecule has 8 nitrogen and oxygen atoms in total. The molecule has 0 fully saturated rings. The van der Waals surface area contributed by atoms with Gasteiger partial charge >= 0.3 is 23.9 Å². The van der Waals surface area contributed by atoms with Gasteiger partial charge in [-0.3, -0.25) is 0 Å². The summed E-state index contributed by atoms with van der Waals surface area (Å²) in [6, 6.07) is 0. The van der Waals surface area contributed by atoms with E-state index in [0.717, 1.165) is 0 Å². The molecule has 84 valence electrons. The third-order valence-corrected chi connectivity index (χ3v) is 1.12. The molecule has 1 aliphatic heterocycles. The quantitative estimate of drug-likeness (QED) is 0.492. The van der Waals surface area contributed by atoms with Crippen molar-refractivity contribution in [2.75, 3.05) is 0 Å². The van der Waals surface area contributed by atoms with Crippen LogP contribution in [-0.4, -0.2) is 23.9 Å². The van der Waals surface area contributed by atoms with Crippen molar-refractivity contribution in [2.24, 2.45) is 0 Å². The molecule has 0 saturated carbocycles. The van der Waals surface area contributed by atoms with Crippen LogP contribution in [0.3, 0.4) is 0 Å². The average Bonchev–Trinajstić information content (AvgIpc) is 2.27. The molecule has 0 aromatic heterocycles. The van der Waals surface area contributed by atoms with Gasteiger partial charge in [0.05, 0.1) is 0 Å². The van der Waals surface area contributed by atoms with E-state index in [2.05, 4.69) is 19.6 Å². The van der Waals surface area contributed by atoms with E-state index in [9.17, 15) is 19.2 Å². The lowest BCUT2D eigenvalue weighted by molar-refractivity contribution is -0.253. The highest BCUT2D eigenvalue weighted by molar-refractivity contribution is 5.94. The highest BCUT2D eigenvalue weighted by Crippen LogP contribution is 1.93. The first-order chi connectivity index (χ1) is 7.58. The van der Waals surface area contributed by atoms with E-state index in [-0.39, 0.29) is 0 Å². The second-order valence-electron chi connectivity index (χ2n) is 2.28. The van der Waals surface area contributed by atoms with Crippen LogP contribution in [0.2, 0.25) is 0 Å². The van der Waals surface area contributed by atoms with Crippen molar-refractivity contribution in [2.45, 2.75) is 0 Å². The van der Waals surface area contributed by atoms with Crippen molar-refractivity contribution >= 4 is 23.9 Å². The lowest BCUT2D eigenvalue weighted by Crippen LogP contribution is -2.12. The number of hydrogen-bond donors (Lipinski definition) is 0. The van der Waals surface area contributed by atoms with Crippen LogP contribution >= 0.6 is 0 Å². The number of carbonyl (C=O) groups excluding carboxylic acids is 4. The van der Waals surface area contributed by atoms with Crippen molar-refractivity contribution in [3.05, 3.63) is 24.3 Å². The van der Waals surface area contributed by atoms with Crippen LogP contribution in [0.25, 0.3) is 0 Å². The molecule has 16 heavy (non-hydrogen) atoms. The first-order valence-electron chi connectivity index (χ1n) is 3.79. The summed E-state index contributed by atoms with van der Waals surface area (Å²) < 4.78 is 0. The first kappa shape index (κ1) is 11.4. The van der Waals surface area contributed by atoms with Gasteiger partial charge < -0.3 is 0 Å². The second kappa shape index (κ2) is 5.29. The van der Waals surface area contributed by atoms with Gasteiger partial charge in [-0.15, -0.1) is 0 Å². The molecule has 0 radical (unpaired) electrons. The Bertz CT molecular complexity index is 317. The third kappa shape index (κ3) is 4.05. The van der Waals surface area contributed by atoms with Crippen molar-refractivity contribution in [1.82, 2.24) is 0 Å². The van der Waals surface area contributed by atoms with Crippen LogP contribution in [0.1, 0.15) is 0 Å². The fourth-order valence-electron chi connectivity index (χ4n) is 0.548. The minimum absolute atomic E-state index is 0.620. The van der Waals surface area contributed by atoms with Crippen LogP contribution in [0.5, 0.6) is 0 Å². The molecule has 0 aliphatic carbocycles. The summed E-state index contributed by atoms with van der Waals surface area (Å²) in [4.78, 5) is 58.6. The van der Waals surface area contributed by atoms with E-state index >= 15 is 0 Å². The van der Waals surface area contributed by atoms with Gasteiger partial charge in [0.15, 0.2) is 0 Å². The van der Waals surface area contributed by atoms with Crippen LogP contribution in [0.15, 0.2) is 24.3 Å². The van der Waals surface area contributed by atoms with Gasteiger partial charge in [-0.25, -0.2) is 38.7 Å². The molecule has 1 rings (SSSR count). The summed E-state index contributed by atoms with van der Waals surface area (Å²) in [6.07, 6.45) is 2.48. The van der Waals surface area contributed by atoms with E-state index in [1.165, 1.54) is 0 Å². The molecule has 1 heterocycles. The minimum atomic E-state index is -1.11. The van der Waals surface area contributed by atoms with Gasteiger partial charge in [-0.1, -0.05) is 0 Å². The Hall–Kier alpha value is -2.64. The number of hydrogen-bond acceptors (Lipinski definition) is 8. The topological polar surface area (TPSA) is 105 Å². The van der Waals surface area contributed by atoms with E-state index in [1.54, 1.807) is 0 Å². The maximum atomic E-state index is 10.7. The summed E-state index contributed by atoms with van der Waals surface area (Å²) in [5, 5.41) is 0. The van der Waals surface area contributed by atoms with E-state index < -0.39 is 23.9 Å². The normalized spacial score (nSPS) is 21.5. The van der Waals surface area contributed by atoms with Crippen molar-refractivity contribution in [1.29, 1.82) is 0 Å². The first-order valence-corrected chi connectivity index (χ1v) is 3.79. The molecular weight excluding hydrogens is 224 g/mol. The fraction of sp³-hybridized carbons (Fsp3) is 0. The zero-order valence-electron chi connectivity index (χ0n) is 7.58. The maximum absolute atomic E-state index is 10.7. The van der Waals surface area contributed by atoms with Crippen molar-refractivity contribution in [3.8, 4) is 0 Å². The Morgan fingerprint density at radius 2 is 0.688 bits per heavy atom. The van der Waals surface area contributed by atoms with E-state index in [1.807, 2.05) is 0 Å². The molecule has 0 saturated heterocycles. The molecule has 0 unspecified atom stereocenters. The number of carbonyl (C=O) groups is 4. The Morgan fingerprint density at radius 1 is 0.500 bits per heavy atom. The smallest absolute Gasteiger partial charge is 0.242 e. The van der Waals surface area contributed by atoms with Gasteiger partial charge in [-0.05, 0) is 0 Å². The van der Waals surface area contributed by atoms with Crippen LogP contribution in [0, 0.1) is 0 Å². The van der Waals surface area contributed by atoms with Gasteiger partial charge in [0.25, 0.3) is 0 Å². The fourth-order valence-corrected chi connectivity index (χ4v) is 0.548. The lowest BCUT2D eigenvalue weighted by atomic mass is 10.5. The molecule has 0 aromatic rings. The summed E-state index contributed by atoms with van der Waals surface area (Å²) in [5.74, 6) is -4.42. The Labute approximate surface area is 87.9 Å². The van der Waals surface area contributed by atoms with Gasteiger partial charge in [0.2, 0.25) is 0 Å². The molecule has 1 aliphatic rings. The second-order valence-corrected chi connectivity index (χ2v) is 2.28. The van der Waals surface area contributed by atoms with Gasteiger partial charge in [0.1, 0.15) is 0 Å². The lowest BCUT2D eigenvalue weighted by Gasteiger charge is -1.99. The maximum Gasteiger partial charge on any atom is 0.379 e. The average molecular weight is 228 g/mol. The Morgan fingerprint density at radius 3 is 0.875 bits per heavy atom. The van der Waals surface area contributed by atoms with Crippen LogP contribution in [0.4, 0.5) is 0 Å². The SMILES string of the molecule is O=C1/C=C\C(=O)OOC(=O)/C=C/C(=O)OO1. The van der Waals surface area contributed by atoms with E-state index in [0.29, 0.717) is 24.3 Å². The monoisotopic (exact) mass is 228 g/mol.